The monoisotopic (exact) mass is 245 g/mol. The van der Waals surface area contributed by atoms with Crippen LogP contribution in [0, 0.1) is 11.3 Å². The molecule has 96 valence electrons. The quantitative estimate of drug-likeness (QED) is 0.546. The zero-order valence-electron chi connectivity index (χ0n) is 11.0. The van der Waals surface area contributed by atoms with Crippen molar-refractivity contribution < 1.29 is 9.47 Å². The summed E-state index contributed by atoms with van der Waals surface area (Å²) < 4.78 is 10.6. The van der Waals surface area contributed by atoms with Crippen LogP contribution in [0.2, 0.25) is 0 Å². The molecule has 0 amide bonds. The molecule has 3 heteroatoms. The Balaban J connectivity index is 2.72. The molecule has 0 saturated carbocycles. The number of unbranched alkanes of at least 4 members (excludes halogenated alkanes) is 1. The minimum absolute atomic E-state index is 0.331. The van der Waals surface area contributed by atoms with Crippen LogP contribution in [-0.2, 0) is 4.74 Å². The normalized spacial score (nSPS) is 11.1. The SMILES string of the molecule is CCCCOc1cccc(/C=C(\C#N)COC)c1. The molecule has 0 unspecified atom stereocenters. The van der Waals surface area contributed by atoms with Crippen LogP contribution in [0.1, 0.15) is 25.3 Å². The highest BCUT2D eigenvalue weighted by Gasteiger charge is 1.98. The van der Waals surface area contributed by atoms with Gasteiger partial charge in [-0.2, -0.15) is 5.26 Å². The first-order chi connectivity index (χ1) is 8.80. The molecule has 0 aromatic heterocycles. The smallest absolute Gasteiger partial charge is 0.119 e. The molecule has 1 aromatic carbocycles. The van der Waals surface area contributed by atoms with Gasteiger partial charge in [0.05, 0.1) is 24.9 Å². The largest absolute Gasteiger partial charge is 0.494 e. The van der Waals surface area contributed by atoms with Crippen LogP contribution < -0.4 is 4.74 Å². The van der Waals surface area contributed by atoms with Gasteiger partial charge in [-0.05, 0) is 30.2 Å². The van der Waals surface area contributed by atoms with Gasteiger partial charge in [0.15, 0.2) is 0 Å². The molecule has 1 rings (SSSR count). The van der Waals surface area contributed by atoms with Crippen molar-refractivity contribution in [2.45, 2.75) is 19.8 Å². The van der Waals surface area contributed by atoms with E-state index in [0.717, 1.165) is 30.8 Å². The maximum atomic E-state index is 8.93. The Morgan fingerprint density at radius 2 is 2.28 bits per heavy atom. The molecule has 0 aliphatic carbocycles. The number of methoxy groups -OCH3 is 1. The molecule has 0 spiro atoms. The first-order valence-electron chi connectivity index (χ1n) is 6.12. The van der Waals surface area contributed by atoms with Crippen molar-refractivity contribution in [1.29, 1.82) is 5.26 Å². The van der Waals surface area contributed by atoms with E-state index in [9.17, 15) is 0 Å². The average Bonchev–Trinajstić information content (AvgIpc) is 2.39. The van der Waals surface area contributed by atoms with Gasteiger partial charge in [-0.15, -0.1) is 0 Å². The molecular weight excluding hydrogens is 226 g/mol. The van der Waals surface area contributed by atoms with Gasteiger partial charge >= 0.3 is 0 Å². The Morgan fingerprint density at radius 1 is 1.44 bits per heavy atom. The Kier molecular flexibility index (Phi) is 6.60. The molecular formula is C15H19NO2. The van der Waals surface area contributed by atoms with Crippen LogP contribution in [0.4, 0.5) is 0 Å². The zero-order chi connectivity index (χ0) is 13.2. The van der Waals surface area contributed by atoms with Crippen LogP contribution in [0.3, 0.4) is 0 Å². The van der Waals surface area contributed by atoms with Gasteiger partial charge in [-0.3, -0.25) is 0 Å². The highest BCUT2D eigenvalue weighted by molar-refractivity contribution is 5.58. The van der Waals surface area contributed by atoms with Gasteiger partial charge in [0, 0.05) is 7.11 Å². The number of hydrogen-bond donors (Lipinski definition) is 0. The van der Waals surface area contributed by atoms with E-state index in [-0.39, 0.29) is 0 Å². The third-order valence-corrected chi connectivity index (χ3v) is 2.41. The van der Waals surface area contributed by atoms with E-state index in [1.165, 1.54) is 0 Å². The summed E-state index contributed by atoms with van der Waals surface area (Å²) in [5.41, 5.74) is 1.56. The summed E-state index contributed by atoms with van der Waals surface area (Å²) in [7, 11) is 1.58. The number of nitrogens with zero attached hydrogens (tertiary/aromatic N) is 1. The number of rotatable bonds is 7. The summed E-state index contributed by atoms with van der Waals surface area (Å²) in [5.74, 6) is 0.840. The average molecular weight is 245 g/mol. The molecule has 0 aliphatic rings. The summed E-state index contributed by atoms with van der Waals surface area (Å²) in [4.78, 5) is 0. The van der Waals surface area contributed by atoms with Crippen molar-refractivity contribution >= 4 is 6.08 Å². The van der Waals surface area contributed by atoms with E-state index in [2.05, 4.69) is 13.0 Å². The summed E-state index contributed by atoms with van der Waals surface area (Å²) in [6.07, 6.45) is 3.98. The van der Waals surface area contributed by atoms with Gasteiger partial charge in [-0.25, -0.2) is 0 Å². The van der Waals surface area contributed by atoms with E-state index in [1.54, 1.807) is 7.11 Å². The molecule has 0 heterocycles. The van der Waals surface area contributed by atoms with Crippen LogP contribution in [-0.4, -0.2) is 20.3 Å². The summed E-state index contributed by atoms with van der Waals surface area (Å²) in [5, 5.41) is 8.93. The minimum atomic E-state index is 0.331. The van der Waals surface area contributed by atoms with Gasteiger partial charge < -0.3 is 9.47 Å². The van der Waals surface area contributed by atoms with Crippen LogP contribution in [0.5, 0.6) is 5.75 Å². The maximum absolute atomic E-state index is 8.93. The Bertz CT molecular complexity index is 432. The standard InChI is InChI=1S/C15H19NO2/c1-3-4-8-18-15-7-5-6-13(10-15)9-14(11-16)12-17-2/h5-7,9-10H,3-4,8,12H2,1-2H3/b14-9+. The molecule has 0 aliphatic heterocycles. The van der Waals surface area contributed by atoms with Gasteiger partial charge in [0.1, 0.15) is 5.75 Å². The van der Waals surface area contributed by atoms with Crippen LogP contribution in [0.25, 0.3) is 6.08 Å². The maximum Gasteiger partial charge on any atom is 0.119 e. The Labute approximate surface area is 109 Å². The lowest BCUT2D eigenvalue weighted by Crippen LogP contribution is -1.96. The molecule has 0 atom stereocenters. The van der Waals surface area contributed by atoms with E-state index >= 15 is 0 Å². The second-order valence-electron chi connectivity index (χ2n) is 3.99. The molecule has 18 heavy (non-hydrogen) atoms. The van der Waals surface area contributed by atoms with Crippen molar-refractivity contribution in [1.82, 2.24) is 0 Å². The lowest BCUT2D eigenvalue weighted by atomic mass is 10.1. The van der Waals surface area contributed by atoms with Gasteiger partial charge in [-0.1, -0.05) is 25.5 Å². The number of hydrogen-bond acceptors (Lipinski definition) is 3. The van der Waals surface area contributed by atoms with Crippen molar-refractivity contribution in [3.63, 3.8) is 0 Å². The van der Waals surface area contributed by atoms with Crippen molar-refractivity contribution in [3.8, 4) is 11.8 Å². The molecule has 0 saturated heterocycles. The number of ether oxygens (including phenoxy) is 2. The lowest BCUT2D eigenvalue weighted by molar-refractivity contribution is 0.229. The third kappa shape index (κ3) is 5.03. The fourth-order valence-corrected chi connectivity index (χ4v) is 1.49. The lowest BCUT2D eigenvalue weighted by Gasteiger charge is -2.06. The van der Waals surface area contributed by atoms with E-state index in [0.29, 0.717) is 12.2 Å². The van der Waals surface area contributed by atoms with Crippen molar-refractivity contribution in [2.75, 3.05) is 20.3 Å². The van der Waals surface area contributed by atoms with Gasteiger partial charge in [0.25, 0.3) is 0 Å². The summed E-state index contributed by atoms with van der Waals surface area (Å²) in [6, 6.07) is 9.85. The molecule has 1 aromatic rings. The molecule has 0 N–H and O–H groups in total. The predicted molar refractivity (Wildman–Crippen MR) is 72.3 cm³/mol. The number of nitriles is 1. The fourth-order valence-electron chi connectivity index (χ4n) is 1.49. The van der Waals surface area contributed by atoms with Crippen LogP contribution in [0.15, 0.2) is 29.8 Å². The van der Waals surface area contributed by atoms with Crippen molar-refractivity contribution in [2.24, 2.45) is 0 Å². The van der Waals surface area contributed by atoms with E-state index in [4.69, 9.17) is 14.7 Å². The first kappa shape index (κ1) is 14.3. The highest BCUT2D eigenvalue weighted by Crippen LogP contribution is 2.16. The summed E-state index contributed by atoms with van der Waals surface area (Å²) in [6.45, 7) is 3.19. The third-order valence-electron chi connectivity index (χ3n) is 2.41. The second-order valence-corrected chi connectivity index (χ2v) is 3.99. The zero-order valence-corrected chi connectivity index (χ0v) is 11.0. The molecule has 3 nitrogen and oxygen atoms in total. The molecule has 0 fully saturated rings. The molecule has 0 radical (unpaired) electrons. The fraction of sp³-hybridized carbons (Fsp3) is 0.400. The van der Waals surface area contributed by atoms with Crippen LogP contribution >= 0.6 is 0 Å². The first-order valence-corrected chi connectivity index (χ1v) is 6.12. The van der Waals surface area contributed by atoms with Crippen molar-refractivity contribution in [3.05, 3.63) is 35.4 Å². The number of benzene rings is 1. The second kappa shape index (κ2) is 8.32. The summed E-state index contributed by atoms with van der Waals surface area (Å²) >= 11 is 0. The highest BCUT2D eigenvalue weighted by atomic mass is 16.5. The minimum Gasteiger partial charge on any atom is -0.494 e. The van der Waals surface area contributed by atoms with E-state index in [1.807, 2.05) is 30.3 Å². The predicted octanol–water partition coefficient (Wildman–Crippen LogP) is 3.42. The topological polar surface area (TPSA) is 42.2 Å². The van der Waals surface area contributed by atoms with Gasteiger partial charge in [0.2, 0.25) is 0 Å². The molecule has 0 bridgehead atoms. The Morgan fingerprint density at radius 3 is 2.94 bits per heavy atom. The van der Waals surface area contributed by atoms with E-state index < -0.39 is 0 Å². The Hall–Kier alpha value is -1.79.